The number of amides is 1. The molecule has 30 heavy (non-hydrogen) atoms. The van der Waals surface area contributed by atoms with Gasteiger partial charge in [0.15, 0.2) is 0 Å². The Morgan fingerprint density at radius 2 is 2.10 bits per heavy atom. The number of hydrogen-bond acceptors (Lipinski definition) is 4. The van der Waals surface area contributed by atoms with Gasteiger partial charge in [-0.2, -0.15) is 10.4 Å². The third-order valence-electron chi connectivity index (χ3n) is 4.51. The van der Waals surface area contributed by atoms with E-state index in [4.69, 9.17) is 21.6 Å². The summed E-state index contributed by atoms with van der Waals surface area (Å²) in [6.45, 7) is 2.89. The minimum Gasteiger partial charge on any atom is -0.383 e. The molecule has 1 N–H and O–H groups in total. The van der Waals surface area contributed by atoms with Crippen molar-refractivity contribution in [2.75, 3.05) is 20.3 Å². The quantitative estimate of drug-likeness (QED) is 0.573. The Morgan fingerprint density at radius 1 is 1.30 bits per heavy atom. The van der Waals surface area contributed by atoms with E-state index in [1.165, 1.54) is 0 Å². The molecule has 3 aromatic rings. The second kappa shape index (κ2) is 10.6. The summed E-state index contributed by atoms with van der Waals surface area (Å²) in [5, 5.41) is 16.8. The molecule has 6 nitrogen and oxygen atoms in total. The summed E-state index contributed by atoms with van der Waals surface area (Å²) < 4.78 is 6.70. The highest BCUT2D eigenvalue weighted by Crippen LogP contribution is 2.21. The molecule has 0 spiro atoms. The molecule has 0 fully saturated rings. The lowest BCUT2D eigenvalue weighted by Gasteiger charge is -2.06. The molecule has 1 amide bonds. The van der Waals surface area contributed by atoms with Gasteiger partial charge < -0.3 is 10.1 Å². The Balaban J connectivity index is 0.00000320. The Hall–Kier alpha value is -3.14. The number of methoxy groups -OCH3 is 1. The number of nitrogens with zero attached hydrogens (tertiary/aromatic N) is 3. The summed E-state index contributed by atoms with van der Waals surface area (Å²) in [4.78, 5) is 12.2. The van der Waals surface area contributed by atoms with Gasteiger partial charge in [0.05, 0.1) is 28.6 Å². The number of aromatic nitrogens is 2. The van der Waals surface area contributed by atoms with Crippen molar-refractivity contribution >= 4 is 17.5 Å². The van der Waals surface area contributed by atoms with Crippen molar-refractivity contribution < 1.29 is 9.53 Å². The number of halogens is 1. The van der Waals surface area contributed by atoms with Gasteiger partial charge in [-0.25, -0.2) is 4.68 Å². The Kier molecular flexibility index (Phi) is 8.16. The van der Waals surface area contributed by atoms with Crippen LogP contribution in [0.25, 0.3) is 5.69 Å². The molecule has 3 rings (SSSR count). The first-order chi connectivity index (χ1) is 14.0. The Bertz CT molecular complexity index is 1070. The van der Waals surface area contributed by atoms with Gasteiger partial charge in [-0.05, 0) is 48.4 Å². The van der Waals surface area contributed by atoms with Crippen molar-refractivity contribution in [1.29, 1.82) is 5.26 Å². The predicted octanol–water partition coefficient (Wildman–Crippen LogP) is 4.31. The van der Waals surface area contributed by atoms with Crippen LogP contribution in [0.15, 0.2) is 48.7 Å². The first-order valence-corrected chi connectivity index (χ1v) is 9.51. The average Bonchev–Trinajstić information content (AvgIpc) is 3.08. The van der Waals surface area contributed by atoms with Crippen LogP contribution in [0.1, 0.15) is 40.2 Å². The first kappa shape index (κ1) is 23.1. The fourth-order valence-electron chi connectivity index (χ4n) is 2.95. The number of rotatable bonds is 7. The number of ether oxygens (including phenoxy) is 1. The van der Waals surface area contributed by atoms with Gasteiger partial charge in [-0.3, -0.25) is 4.79 Å². The van der Waals surface area contributed by atoms with Crippen LogP contribution in [-0.4, -0.2) is 35.9 Å². The van der Waals surface area contributed by atoms with Crippen LogP contribution in [0.2, 0.25) is 5.02 Å². The summed E-state index contributed by atoms with van der Waals surface area (Å²) in [5.41, 5.74) is 4.78. The average molecular weight is 425 g/mol. The number of nitriles is 1. The highest BCUT2D eigenvalue weighted by atomic mass is 35.5. The van der Waals surface area contributed by atoms with Crippen molar-refractivity contribution in [3.63, 3.8) is 0 Å². The second-order valence-electron chi connectivity index (χ2n) is 6.59. The van der Waals surface area contributed by atoms with E-state index in [2.05, 4.69) is 16.5 Å². The molecule has 0 bridgehead atoms. The van der Waals surface area contributed by atoms with E-state index >= 15 is 0 Å². The molecule has 0 aliphatic heterocycles. The van der Waals surface area contributed by atoms with Crippen LogP contribution in [0.3, 0.4) is 0 Å². The molecule has 0 aliphatic carbocycles. The van der Waals surface area contributed by atoms with Crippen LogP contribution in [0, 0.1) is 18.3 Å². The van der Waals surface area contributed by atoms with Crippen molar-refractivity contribution in [3.05, 3.63) is 81.6 Å². The molecule has 0 radical (unpaired) electrons. The molecule has 0 aliphatic rings. The zero-order valence-electron chi connectivity index (χ0n) is 16.3. The topological polar surface area (TPSA) is 79.9 Å². The van der Waals surface area contributed by atoms with Gasteiger partial charge in [-0.1, -0.05) is 31.2 Å². The highest BCUT2D eigenvalue weighted by Gasteiger charge is 2.11. The van der Waals surface area contributed by atoms with Gasteiger partial charge in [0.1, 0.15) is 6.07 Å². The second-order valence-corrected chi connectivity index (χ2v) is 6.99. The molecule has 7 heteroatoms. The molecule has 0 atom stereocenters. The number of hydrogen-bond donors (Lipinski definition) is 1. The maximum absolute atomic E-state index is 12.2. The molecule has 0 unspecified atom stereocenters. The zero-order valence-corrected chi connectivity index (χ0v) is 17.0. The summed E-state index contributed by atoms with van der Waals surface area (Å²) >= 11 is 6.14. The molecule has 0 saturated carbocycles. The van der Waals surface area contributed by atoms with Crippen LogP contribution in [-0.2, 0) is 11.2 Å². The number of benzene rings is 2. The van der Waals surface area contributed by atoms with E-state index in [0.717, 1.165) is 22.5 Å². The molecule has 0 saturated heterocycles. The minimum atomic E-state index is -0.122. The van der Waals surface area contributed by atoms with E-state index < -0.39 is 0 Å². The largest absolute Gasteiger partial charge is 0.383 e. The van der Waals surface area contributed by atoms with Crippen molar-refractivity contribution in [3.8, 4) is 11.8 Å². The fourth-order valence-corrected chi connectivity index (χ4v) is 3.17. The predicted molar refractivity (Wildman–Crippen MR) is 118 cm³/mol. The van der Waals surface area contributed by atoms with E-state index in [1.807, 2.05) is 37.4 Å². The van der Waals surface area contributed by atoms with Crippen molar-refractivity contribution in [2.24, 2.45) is 0 Å². The van der Waals surface area contributed by atoms with Gasteiger partial charge in [-0.15, -0.1) is 0 Å². The van der Waals surface area contributed by atoms with Crippen molar-refractivity contribution in [1.82, 2.24) is 15.1 Å². The molecule has 1 aromatic heterocycles. The third kappa shape index (κ3) is 5.47. The number of nitrogens with one attached hydrogen (secondary N) is 1. The maximum Gasteiger partial charge on any atom is 0.251 e. The normalized spacial score (nSPS) is 10.2. The minimum absolute atomic E-state index is 0. The smallest absolute Gasteiger partial charge is 0.251 e. The van der Waals surface area contributed by atoms with Crippen LogP contribution >= 0.6 is 11.6 Å². The number of carbonyl (C=O) groups excluding carboxylic acids is 1. The lowest BCUT2D eigenvalue weighted by atomic mass is 10.0. The van der Waals surface area contributed by atoms with Crippen LogP contribution < -0.4 is 5.32 Å². The summed E-state index contributed by atoms with van der Waals surface area (Å²) in [7, 11) is 1.60. The van der Waals surface area contributed by atoms with Gasteiger partial charge in [0, 0.05) is 31.8 Å². The van der Waals surface area contributed by atoms with E-state index in [9.17, 15) is 4.79 Å². The number of carbonyl (C=O) groups is 1. The van der Waals surface area contributed by atoms with E-state index in [0.29, 0.717) is 35.7 Å². The maximum atomic E-state index is 12.2. The summed E-state index contributed by atoms with van der Waals surface area (Å²) in [6.07, 6.45) is 2.59. The van der Waals surface area contributed by atoms with Gasteiger partial charge in [0.2, 0.25) is 0 Å². The summed E-state index contributed by atoms with van der Waals surface area (Å²) in [6, 6.07) is 14.8. The van der Waals surface area contributed by atoms with E-state index in [-0.39, 0.29) is 13.3 Å². The van der Waals surface area contributed by atoms with Crippen molar-refractivity contribution in [2.45, 2.75) is 20.8 Å². The highest BCUT2D eigenvalue weighted by molar-refractivity contribution is 6.31. The molecule has 2 aromatic carbocycles. The molecular formula is C23H25ClN4O2. The lowest BCUT2D eigenvalue weighted by Crippen LogP contribution is -2.26. The Morgan fingerprint density at radius 3 is 2.80 bits per heavy atom. The fraction of sp³-hybridized carbons (Fsp3) is 0.261. The molecule has 156 valence electrons. The van der Waals surface area contributed by atoms with Crippen LogP contribution in [0.5, 0.6) is 0 Å². The Labute approximate surface area is 182 Å². The standard InChI is InChI=1S/C22H21ClN4O2.CH4/c1-15-19(14-27(26-15)20-7-6-18(13-24)21(23)12-20)11-16-4-3-5-17(10-16)22(28)25-8-9-29-2;/h3-7,10,12,14H,8-9,11H2,1-2H3,(H,25,28);1H4. The SMILES string of the molecule is C.COCCNC(=O)c1cccc(Cc2cn(-c3ccc(C#N)c(Cl)c3)nc2C)c1. The molecular weight excluding hydrogens is 400 g/mol. The molecule has 1 heterocycles. The van der Waals surface area contributed by atoms with Crippen LogP contribution in [0.4, 0.5) is 0 Å². The van der Waals surface area contributed by atoms with Gasteiger partial charge in [0.25, 0.3) is 5.91 Å². The monoisotopic (exact) mass is 424 g/mol. The summed E-state index contributed by atoms with van der Waals surface area (Å²) in [5.74, 6) is -0.122. The number of aryl methyl sites for hydroxylation is 1. The zero-order chi connectivity index (χ0) is 20.8. The third-order valence-corrected chi connectivity index (χ3v) is 4.83. The van der Waals surface area contributed by atoms with E-state index in [1.54, 1.807) is 30.0 Å². The first-order valence-electron chi connectivity index (χ1n) is 9.13. The lowest BCUT2D eigenvalue weighted by molar-refractivity contribution is 0.0937. The van der Waals surface area contributed by atoms with Gasteiger partial charge >= 0.3 is 0 Å².